The van der Waals surface area contributed by atoms with Crippen molar-refractivity contribution in [3.8, 4) is 0 Å². The maximum atomic E-state index is 7.45. The van der Waals surface area contributed by atoms with E-state index in [1.54, 1.807) is 0 Å². The molecule has 0 bridgehead atoms. The summed E-state index contributed by atoms with van der Waals surface area (Å²) in [6.45, 7) is 0. The second kappa shape index (κ2) is 6.43. The van der Waals surface area contributed by atoms with Crippen LogP contribution in [0, 0.1) is 0 Å². The second-order valence-electron chi connectivity index (χ2n) is 2.09. The monoisotopic (exact) mass is 151 g/mol. The first-order valence-electron chi connectivity index (χ1n) is 3.16. The molecule has 4 N–H and O–H groups in total. The third-order valence-corrected chi connectivity index (χ3v) is 1.25. The molecule has 0 saturated heterocycles. The molecule has 1 aliphatic carbocycles. The molecular formula is C5H14NO2P. The Labute approximate surface area is 56.9 Å². The van der Waals surface area contributed by atoms with Gasteiger partial charge in [0.15, 0.2) is 0 Å². The molecule has 56 valence electrons. The van der Waals surface area contributed by atoms with Gasteiger partial charge in [-0.2, -0.15) is 0 Å². The number of rotatable bonds is 0. The zero-order chi connectivity index (χ0) is 7.11. The molecule has 0 radical (unpaired) electrons. The average molecular weight is 151 g/mol. The van der Waals surface area contributed by atoms with Gasteiger partial charge in [0, 0.05) is 0 Å². The molecule has 0 aliphatic heterocycles. The lowest BCUT2D eigenvalue weighted by Crippen LogP contribution is -1.78. The van der Waals surface area contributed by atoms with Crippen molar-refractivity contribution in [1.82, 2.24) is 0 Å². The molecule has 0 amide bonds. The van der Waals surface area contributed by atoms with Gasteiger partial charge in [-0.05, 0) is 0 Å². The third-order valence-electron chi connectivity index (χ3n) is 1.25. The Kier molecular flexibility index (Phi) is 6.65. The molecule has 0 spiro atoms. The van der Waals surface area contributed by atoms with Gasteiger partial charge in [0.1, 0.15) is 0 Å². The van der Waals surface area contributed by atoms with Gasteiger partial charge in [-0.1, -0.05) is 32.1 Å². The first-order valence-corrected chi connectivity index (χ1v) is 4.47. The van der Waals surface area contributed by atoms with Crippen molar-refractivity contribution >= 4 is 8.53 Å². The van der Waals surface area contributed by atoms with E-state index in [1.165, 1.54) is 32.1 Å². The second-order valence-corrected chi connectivity index (χ2v) is 2.73. The normalized spacial score (nSPS) is 17.3. The Morgan fingerprint density at radius 2 is 1.00 bits per heavy atom. The minimum Gasteiger partial charge on any atom is -0.338 e. The highest BCUT2D eigenvalue weighted by Gasteiger charge is 1.95. The van der Waals surface area contributed by atoms with Crippen LogP contribution < -0.4 is 5.50 Å². The van der Waals surface area contributed by atoms with E-state index >= 15 is 0 Å². The smallest absolute Gasteiger partial charge is 0.247 e. The highest BCUT2D eigenvalue weighted by Crippen LogP contribution is 2.15. The summed E-state index contributed by atoms with van der Waals surface area (Å²) in [5.41, 5.74) is 4.29. The summed E-state index contributed by atoms with van der Waals surface area (Å²) in [6.07, 6.45) is 7.50. The molecule has 1 rings (SSSR count). The van der Waals surface area contributed by atoms with E-state index in [0.717, 1.165) is 0 Å². The minimum atomic E-state index is -2.12. The zero-order valence-electron chi connectivity index (χ0n) is 5.45. The molecule has 0 heterocycles. The fraction of sp³-hybridized carbons (Fsp3) is 1.00. The topological polar surface area (TPSA) is 66.5 Å². The summed E-state index contributed by atoms with van der Waals surface area (Å²) in [5.74, 6) is 0. The average Bonchev–Trinajstić information content (AvgIpc) is 2.11. The Hall–Kier alpha value is 0.310. The van der Waals surface area contributed by atoms with Crippen molar-refractivity contribution in [2.24, 2.45) is 5.50 Å². The van der Waals surface area contributed by atoms with Gasteiger partial charge < -0.3 is 9.79 Å². The van der Waals surface area contributed by atoms with Crippen LogP contribution in [0.2, 0.25) is 0 Å². The van der Waals surface area contributed by atoms with Crippen LogP contribution in [-0.4, -0.2) is 9.79 Å². The minimum absolute atomic E-state index is 1.50. The van der Waals surface area contributed by atoms with Gasteiger partial charge in [-0.25, -0.2) is 0 Å². The van der Waals surface area contributed by atoms with Crippen molar-refractivity contribution in [2.45, 2.75) is 32.1 Å². The molecule has 9 heavy (non-hydrogen) atoms. The lowest BCUT2D eigenvalue weighted by Gasteiger charge is -1.79. The van der Waals surface area contributed by atoms with E-state index in [1.807, 2.05) is 0 Å². The van der Waals surface area contributed by atoms with Gasteiger partial charge in [0.05, 0.1) is 0 Å². The van der Waals surface area contributed by atoms with Gasteiger partial charge in [-0.3, -0.25) is 5.50 Å². The van der Waals surface area contributed by atoms with E-state index in [0.29, 0.717) is 0 Å². The van der Waals surface area contributed by atoms with Crippen LogP contribution in [-0.2, 0) is 0 Å². The van der Waals surface area contributed by atoms with E-state index in [9.17, 15) is 0 Å². The number of hydrogen-bond acceptors (Lipinski definition) is 3. The fourth-order valence-electron chi connectivity index (χ4n) is 0.884. The van der Waals surface area contributed by atoms with Crippen LogP contribution >= 0.6 is 8.53 Å². The Balaban J connectivity index is 0.000000148. The van der Waals surface area contributed by atoms with Gasteiger partial charge in [0.25, 0.3) is 0 Å². The molecule has 1 aliphatic rings. The maximum absolute atomic E-state index is 7.45. The third kappa shape index (κ3) is 11.7. The van der Waals surface area contributed by atoms with Crippen LogP contribution in [0.3, 0.4) is 0 Å². The first kappa shape index (κ1) is 9.31. The van der Waals surface area contributed by atoms with Crippen molar-refractivity contribution in [3.63, 3.8) is 0 Å². The highest BCUT2D eigenvalue weighted by atomic mass is 31.2. The molecule has 0 aromatic carbocycles. The van der Waals surface area contributed by atoms with Crippen LogP contribution in [0.25, 0.3) is 0 Å². The van der Waals surface area contributed by atoms with E-state index < -0.39 is 8.53 Å². The van der Waals surface area contributed by atoms with Gasteiger partial charge in [0.2, 0.25) is 8.53 Å². The maximum Gasteiger partial charge on any atom is 0.247 e. The lowest BCUT2D eigenvalue weighted by molar-refractivity contribution is 0.485. The number of nitrogens with two attached hydrogens (primary N) is 1. The fourth-order valence-corrected chi connectivity index (χ4v) is 0.884. The van der Waals surface area contributed by atoms with Crippen molar-refractivity contribution in [3.05, 3.63) is 0 Å². The van der Waals surface area contributed by atoms with Gasteiger partial charge in [-0.15, -0.1) is 0 Å². The van der Waals surface area contributed by atoms with Crippen LogP contribution in [0.5, 0.6) is 0 Å². The van der Waals surface area contributed by atoms with Gasteiger partial charge >= 0.3 is 0 Å². The van der Waals surface area contributed by atoms with Crippen LogP contribution in [0.4, 0.5) is 0 Å². The van der Waals surface area contributed by atoms with Crippen LogP contribution in [0.1, 0.15) is 32.1 Å². The largest absolute Gasteiger partial charge is 0.338 e. The quantitative estimate of drug-likeness (QED) is 0.454. The van der Waals surface area contributed by atoms with Crippen LogP contribution in [0.15, 0.2) is 0 Å². The van der Waals surface area contributed by atoms with Crippen molar-refractivity contribution in [2.75, 3.05) is 0 Å². The molecule has 0 aromatic heterocycles. The van der Waals surface area contributed by atoms with Crippen molar-refractivity contribution < 1.29 is 9.79 Å². The molecule has 0 aromatic rings. The molecule has 0 atom stereocenters. The molecule has 1 fully saturated rings. The summed E-state index contributed by atoms with van der Waals surface area (Å²) in [7, 11) is -2.12. The van der Waals surface area contributed by atoms with E-state index in [2.05, 4.69) is 5.50 Å². The van der Waals surface area contributed by atoms with E-state index in [4.69, 9.17) is 9.79 Å². The number of hydrogen-bond donors (Lipinski definition) is 3. The Morgan fingerprint density at radius 3 is 1.11 bits per heavy atom. The molecule has 4 heteroatoms. The SMILES string of the molecule is C1CCCC1.NP(O)O. The lowest BCUT2D eigenvalue weighted by atomic mass is 10.4. The first-order chi connectivity index (χ1) is 4.23. The van der Waals surface area contributed by atoms with E-state index in [-0.39, 0.29) is 0 Å². The summed E-state index contributed by atoms with van der Waals surface area (Å²) in [4.78, 5) is 14.9. The molecule has 0 unspecified atom stereocenters. The standard InChI is InChI=1S/C5H10.H4NO2P/c1-2-4-5-3-1;1-4(2)3/h1-5H2;2-3H,1H2. The van der Waals surface area contributed by atoms with Crippen molar-refractivity contribution in [1.29, 1.82) is 0 Å². The summed E-state index contributed by atoms with van der Waals surface area (Å²) < 4.78 is 0. The molecular weight excluding hydrogens is 137 g/mol. The summed E-state index contributed by atoms with van der Waals surface area (Å²) in [6, 6.07) is 0. The zero-order valence-corrected chi connectivity index (χ0v) is 6.35. The predicted molar refractivity (Wildman–Crippen MR) is 38.6 cm³/mol. The Bertz CT molecular complexity index is 46.6. The molecule has 3 nitrogen and oxygen atoms in total. The summed E-state index contributed by atoms with van der Waals surface area (Å²) >= 11 is 0. The summed E-state index contributed by atoms with van der Waals surface area (Å²) in [5, 5.41) is 0. The Morgan fingerprint density at radius 1 is 0.889 bits per heavy atom. The molecule has 1 saturated carbocycles. The predicted octanol–water partition coefficient (Wildman–Crippen LogP) is 1.11. The highest BCUT2D eigenvalue weighted by molar-refractivity contribution is 7.42.